The summed E-state index contributed by atoms with van der Waals surface area (Å²) in [5.41, 5.74) is 0.955. The van der Waals surface area contributed by atoms with Gasteiger partial charge in [-0.2, -0.15) is 0 Å². The Bertz CT molecular complexity index is 440. The Labute approximate surface area is 117 Å². The molecule has 0 heterocycles. The van der Waals surface area contributed by atoms with Crippen molar-refractivity contribution in [2.75, 3.05) is 0 Å². The van der Waals surface area contributed by atoms with E-state index in [0.29, 0.717) is 11.4 Å². The van der Waals surface area contributed by atoms with Crippen molar-refractivity contribution in [1.82, 2.24) is 4.72 Å². The Morgan fingerprint density at radius 2 is 2.06 bits per heavy atom. The summed E-state index contributed by atoms with van der Waals surface area (Å²) in [5.74, 6) is 0. The molecule has 0 spiro atoms. The average Bonchev–Trinajstić information content (AvgIpc) is 2.28. The van der Waals surface area contributed by atoms with Crippen molar-refractivity contribution >= 4 is 22.6 Å². The smallest absolute Gasteiger partial charge is 0.0976 e. The van der Waals surface area contributed by atoms with Crippen LogP contribution in [-0.2, 0) is 11.0 Å². The van der Waals surface area contributed by atoms with Gasteiger partial charge < -0.3 is 0 Å². The highest BCUT2D eigenvalue weighted by molar-refractivity contribution is 7.84. The minimum absolute atomic E-state index is 0.0729. The second-order valence-electron chi connectivity index (χ2n) is 5.10. The first-order chi connectivity index (χ1) is 8.36. The van der Waals surface area contributed by atoms with Crippen molar-refractivity contribution in [3.05, 3.63) is 47.5 Å². The molecule has 0 aliphatic carbocycles. The van der Waals surface area contributed by atoms with Crippen molar-refractivity contribution in [3.63, 3.8) is 0 Å². The van der Waals surface area contributed by atoms with Gasteiger partial charge in [-0.1, -0.05) is 35.9 Å². The van der Waals surface area contributed by atoms with Crippen molar-refractivity contribution < 1.29 is 4.21 Å². The molecule has 1 N–H and O–H groups in total. The molecule has 0 aliphatic heterocycles. The lowest BCUT2D eigenvalue weighted by molar-refractivity contribution is 0.602. The van der Waals surface area contributed by atoms with E-state index in [1.165, 1.54) is 0 Å². The summed E-state index contributed by atoms with van der Waals surface area (Å²) in [7, 11) is -1.13. The zero-order valence-corrected chi connectivity index (χ0v) is 12.6. The monoisotopic (exact) mass is 285 g/mol. The molecule has 0 unspecified atom stereocenters. The van der Waals surface area contributed by atoms with Crippen LogP contribution in [0, 0.1) is 0 Å². The van der Waals surface area contributed by atoms with E-state index >= 15 is 0 Å². The largest absolute Gasteiger partial charge is 0.242 e. The van der Waals surface area contributed by atoms with Gasteiger partial charge >= 0.3 is 0 Å². The van der Waals surface area contributed by atoms with Crippen molar-refractivity contribution in [2.45, 2.75) is 38.0 Å². The fraction of sp³-hybridized carbons (Fsp3) is 0.429. The van der Waals surface area contributed by atoms with Gasteiger partial charge in [0.05, 0.1) is 15.7 Å². The Morgan fingerprint density at radius 1 is 1.44 bits per heavy atom. The van der Waals surface area contributed by atoms with Gasteiger partial charge in [-0.25, -0.2) is 8.93 Å². The van der Waals surface area contributed by atoms with Crippen LogP contribution in [0.1, 0.15) is 38.8 Å². The Kier molecular flexibility index (Phi) is 5.57. The molecule has 0 radical (unpaired) electrons. The highest BCUT2D eigenvalue weighted by Crippen LogP contribution is 2.26. The van der Waals surface area contributed by atoms with Crippen LogP contribution in [0.2, 0.25) is 5.02 Å². The highest BCUT2D eigenvalue weighted by Gasteiger charge is 2.23. The SMILES string of the molecule is C=CC[C@H](N[S@](=O)C(C)(C)C)c1ccccc1Cl. The third-order valence-corrected chi connectivity index (χ3v) is 4.44. The molecule has 2 atom stereocenters. The molecule has 0 aromatic heterocycles. The summed E-state index contributed by atoms with van der Waals surface area (Å²) in [4.78, 5) is 0. The lowest BCUT2D eigenvalue weighted by atomic mass is 10.1. The van der Waals surface area contributed by atoms with E-state index in [0.717, 1.165) is 5.56 Å². The van der Waals surface area contributed by atoms with Crippen molar-refractivity contribution in [1.29, 1.82) is 0 Å². The molecule has 1 rings (SSSR count). The number of hydrogen-bond acceptors (Lipinski definition) is 1. The van der Waals surface area contributed by atoms with Crippen LogP contribution in [-0.4, -0.2) is 8.96 Å². The summed E-state index contributed by atoms with van der Waals surface area (Å²) in [6.07, 6.45) is 2.49. The van der Waals surface area contributed by atoms with Gasteiger partial charge in [0.1, 0.15) is 0 Å². The lowest BCUT2D eigenvalue weighted by Gasteiger charge is -2.24. The van der Waals surface area contributed by atoms with Crippen LogP contribution < -0.4 is 4.72 Å². The molecular formula is C14H20ClNOS. The average molecular weight is 286 g/mol. The van der Waals surface area contributed by atoms with E-state index in [1.54, 1.807) is 6.08 Å². The number of nitrogens with one attached hydrogen (secondary N) is 1. The molecule has 4 heteroatoms. The predicted octanol–water partition coefficient (Wildman–Crippen LogP) is 4.01. The molecule has 100 valence electrons. The van der Waals surface area contributed by atoms with E-state index in [9.17, 15) is 4.21 Å². The molecule has 0 bridgehead atoms. The van der Waals surface area contributed by atoms with Crippen LogP contribution in [0.15, 0.2) is 36.9 Å². The maximum Gasteiger partial charge on any atom is 0.0976 e. The molecule has 2 nitrogen and oxygen atoms in total. The minimum atomic E-state index is -1.13. The van der Waals surface area contributed by atoms with Crippen molar-refractivity contribution in [2.24, 2.45) is 0 Å². The van der Waals surface area contributed by atoms with Gasteiger partial charge in [0.15, 0.2) is 0 Å². The van der Waals surface area contributed by atoms with E-state index in [2.05, 4.69) is 11.3 Å². The zero-order valence-electron chi connectivity index (χ0n) is 11.1. The van der Waals surface area contributed by atoms with Gasteiger partial charge in [0, 0.05) is 11.1 Å². The summed E-state index contributed by atoms with van der Waals surface area (Å²) in [6, 6.07) is 7.53. The first-order valence-electron chi connectivity index (χ1n) is 5.89. The lowest BCUT2D eigenvalue weighted by Crippen LogP contribution is -2.35. The van der Waals surface area contributed by atoms with Crippen LogP contribution >= 0.6 is 11.6 Å². The molecule has 0 saturated heterocycles. The quantitative estimate of drug-likeness (QED) is 0.814. The third kappa shape index (κ3) is 4.23. The van der Waals surface area contributed by atoms with Gasteiger partial charge in [0.2, 0.25) is 0 Å². The van der Waals surface area contributed by atoms with Crippen LogP contribution in [0.4, 0.5) is 0 Å². The molecule has 0 aliphatic rings. The standard InChI is InChI=1S/C14H20ClNOS/c1-5-8-13(16-18(17)14(2,3)4)11-9-6-7-10-12(11)15/h5-7,9-10,13,16H,1,8H2,2-4H3/t13-,18+/m0/s1. The summed E-state index contributed by atoms with van der Waals surface area (Å²) < 4.78 is 15.0. The molecule has 18 heavy (non-hydrogen) atoms. The number of benzene rings is 1. The molecule has 1 aromatic carbocycles. The van der Waals surface area contributed by atoms with Gasteiger partial charge in [-0.15, -0.1) is 6.58 Å². The van der Waals surface area contributed by atoms with E-state index in [4.69, 9.17) is 11.6 Å². The van der Waals surface area contributed by atoms with Crippen molar-refractivity contribution in [3.8, 4) is 0 Å². The number of halogens is 1. The fourth-order valence-corrected chi connectivity index (χ4v) is 2.57. The zero-order chi connectivity index (χ0) is 13.8. The molecule has 0 fully saturated rings. The summed E-state index contributed by atoms with van der Waals surface area (Å²) in [5, 5.41) is 0.683. The van der Waals surface area contributed by atoms with Gasteiger partial charge in [0.25, 0.3) is 0 Å². The number of rotatable bonds is 5. The molecule has 0 amide bonds. The Hall–Kier alpha value is -0.640. The summed E-state index contributed by atoms with van der Waals surface area (Å²) in [6.45, 7) is 9.56. The van der Waals surface area contributed by atoms with E-state index in [-0.39, 0.29) is 10.8 Å². The van der Waals surface area contributed by atoms with Gasteiger partial charge in [-0.05, 0) is 38.8 Å². The molecule has 0 saturated carbocycles. The Balaban J connectivity index is 2.94. The first-order valence-corrected chi connectivity index (χ1v) is 7.42. The topological polar surface area (TPSA) is 29.1 Å². The van der Waals surface area contributed by atoms with E-state index < -0.39 is 11.0 Å². The second-order valence-corrected chi connectivity index (χ2v) is 7.50. The number of hydrogen-bond donors (Lipinski definition) is 1. The summed E-state index contributed by atoms with van der Waals surface area (Å²) >= 11 is 6.18. The van der Waals surface area contributed by atoms with Gasteiger partial charge in [-0.3, -0.25) is 0 Å². The predicted molar refractivity (Wildman–Crippen MR) is 80.0 cm³/mol. The van der Waals surface area contributed by atoms with Crippen LogP contribution in [0.5, 0.6) is 0 Å². The maximum atomic E-state index is 12.2. The van der Waals surface area contributed by atoms with E-state index in [1.807, 2.05) is 45.0 Å². The van der Waals surface area contributed by atoms with Crippen LogP contribution in [0.3, 0.4) is 0 Å². The maximum absolute atomic E-state index is 12.2. The highest BCUT2D eigenvalue weighted by atomic mass is 35.5. The Morgan fingerprint density at radius 3 is 2.56 bits per heavy atom. The first kappa shape index (κ1) is 15.4. The molecular weight excluding hydrogens is 266 g/mol. The normalized spacial score (nSPS) is 15.1. The minimum Gasteiger partial charge on any atom is -0.242 e. The molecule has 1 aromatic rings. The fourth-order valence-electron chi connectivity index (χ4n) is 1.47. The second kappa shape index (κ2) is 6.50. The third-order valence-electron chi connectivity index (χ3n) is 2.49. The van der Waals surface area contributed by atoms with Crippen LogP contribution in [0.25, 0.3) is 0 Å².